The van der Waals surface area contributed by atoms with E-state index in [-0.39, 0.29) is 11.3 Å². The maximum Gasteiger partial charge on any atom is 0.122 e. The predicted molar refractivity (Wildman–Crippen MR) is 214 cm³/mol. The number of nitrogen functional groups attached to an aromatic ring is 1. The highest BCUT2D eigenvalue weighted by molar-refractivity contribution is 6.14. The lowest BCUT2D eigenvalue weighted by molar-refractivity contribution is 0.794. The minimum Gasteiger partial charge on any atom is -0.384 e. The molecule has 0 fully saturated rings. The molecule has 1 spiro atoms. The third kappa shape index (κ3) is 5.22. The van der Waals surface area contributed by atoms with Crippen LogP contribution in [0.2, 0.25) is 0 Å². The van der Waals surface area contributed by atoms with Gasteiger partial charge in [0.1, 0.15) is 5.84 Å². The number of nitrogens with one attached hydrogen (secondary N) is 1. The number of amidine groups is 1. The topological polar surface area (TPSA) is 75.9 Å². The fourth-order valence-electron chi connectivity index (χ4n) is 8.17. The van der Waals surface area contributed by atoms with Gasteiger partial charge in [-0.3, -0.25) is 5.41 Å². The maximum atomic E-state index is 7.01. The largest absolute Gasteiger partial charge is 0.384 e. The zero-order valence-corrected chi connectivity index (χ0v) is 28.6. The first kappa shape index (κ1) is 31.9. The molecule has 8 aromatic carbocycles. The van der Waals surface area contributed by atoms with Gasteiger partial charge in [-0.1, -0.05) is 176 Å². The molecule has 0 unspecified atom stereocenters. The molecule has 0 aliphatic heterocycles. The van der Waals surface area contributed by atoms with Gasteiger partial charge in [0.25, 0.3) is 0 Å². The smallest absolute Gasteiger partial charge is 0.122 e. The van der Waals surface area contributed by atoms with Gasteiger partial charge >= 0.3 is 0 Å². The highest BCUT2D eigenvalue weighted by Crippen LogP contribution is 2.64. The Labute approximate surface area is 299 Å². The van der Waals surface area contributed by atoms with Crippen LogP contribution in [0.4, 0.5) is 0 Å². The van der Waals surface area contributed by atoms with Crippen LogP contribution in [0, 0.1) is 12.3 Å². The van der Waals surface area contributed by atoms with Gasteiger partial charge in [0, 0.05) is 12.1 Å². The average molecular weight is 658 g/mol. The van der Waals surface area contributed by atoms with E-state index < -0.39 is 0 Å². The molecule has 8 aromatic rings. The Bertz CT molecular complexity index is 2510. The van der Waals surface area contributed by atoms with E-state index >= 15 is 0 Å². The summed E-state index contributed by atoms with van der Waals surface area (Å²) in [4.78, 5) is 0. The van der Waals surface area contributed by atoms with Gasteiger partial charge in [-0.15, -0.1) is 0 Å². The molecule has 0 amide bonds. The van der Waals surface area contributed by atoms with Gasteiger partial charge in [-0.05, 0) is 84.1 Å². The van der Waals surface area contributed by atoms with Crippen LogP contribution in [-0.4, -0.2) is 5.84 Å². The second-order valence-electron chi connectivity index (χ2n) is 13.2. The fourth-order valence-corrected chi connectivity index (χ4v) is 8.17. The Morgan fingerprint density at radius 1 is 0.510 bits per heavy atom. The molecule has 0 heterocycles. The molecule has 0 radical (unpaired) electrons. The second kappa shape index (κ2) is 13.2. The monoisotopic (exact) mass is 657 g/mol. The van der Waals surface area contributed by atoms with E-state index in [4.69, 9.17) is 16.9 Å². The standard InChI is InChI=1S/C34H22.C7H8N2.C7H9N/c1-21-20-31-33(27-15-5-4-11-23(21)27)32-24-12-3-2-10-22(24)18-19-30(32)34(31)28-16-8-6-13-25(28)26-14-7-9-17-29(26)34;8-7(9)6-4-2-1-3-5-6;8-6-7-4-2-1-3-5-7/h2-20H,1H3;1-5H,(H3,8,9);1-5H,6,8H2. The van der Waals surface area contributed by atoms with Crippen molar-refractivity contribution in [2.24, 2.45) is 11.5 Å². The molecule has 0 atom stereocenters. The Morgan fingerprint density at radius 3 is 1.61 bits per heavy atom. The first-order valence-corrected chi connectivity index (χ1v) is 17.4. The van der Waals surface area contributed by atoms with Gasteiger partial charge in [0.05, 0.1) is 5.41 Å². The Hall–Kier alpha value is -6.29. The average Bonchev–Trinajstić information content (AvgIpc) is 3.67. The number of rotatable bonds is 2. The van der Waals surface area contributed by atoms with Gasteiger partial charge in [-0.2, -0.15) is 0 Å². The van der Waals surface area contributed by atoms with Crippen molar-refractivity contribution in [1.29, 1.82) is 5.41 Å². The van der Waals surface area contributed by atoms with Crippen LogP contribution < -0.4 is 11.5 Å². The first-order chi connectivity index (χ1) is 25.0. The Kier molecular flexibility index (Phi) is 8.27. The lowest BCUT2D eigenvalue weighted by Gasteiger charge is -2.31. The summed E-state index contributed by atoms with van der Waals surface area (Å²) in [6.07, 6.45) is 0. The molecular weight excluding hydrogens is 619 g/mol. The summed E-state index contributed by atoms with van der Waals surface area (Å²) in [5, 5.41) is 12.4. The number of hydrogen-bond acceptors (Lipinski definition) is 2. The summed E-state index contributed by atoms with van der Waals surface area (Å²) in [7, 11) is 0. The van der Waals surface area contributed by atoms with Crippen LogP contribution >= 0.6 is 0 Å². The molecule has 0 saturated carbocycles. The summed E-state index contributed by atoms with van der Waals surface area (Å²) < 4.78 is 0. The van der Waals surface area contributed by atoms with Crippen molar-refractivity contribution < 1.29 is 0 Å². The quantitative estimate of drug-likeness (QED) is 0.128. The van der Waals surface area contributed by atoms with Crippen molar-refractivity contribution >= 4 is 27.4 Å². The maximum absolute atomic E-state index is 7.01. The molecule has 2 aliphatic carbocycles. The third-order valence-electron chi connectivity index (χ3n) is 10.4. The molecule has 0 bridgehead atoms. The summed E-state index contributed by atoms with van der Waals surface area (Å²) in [5.74, 6) is 0.121. The van der Waals surface area contributed by atoms with Gasteiger partial charge in [-0.25, -0.2) is 0 Å². The van der Waals surface area contributed by atoms with Gasteiger partial charge in [0.15, 0.2) is 0 Å². The van der Waals surface area contributed by atoms with Crippen molar-refractivity contribution in [3.8, 4) is 22.3 Å². The number of nitrogens with two attached hydrogens (primary N) is 2. The van der Waals surface area contributed by atoms with Crippen molar-refractivity contribution in [3.05, 3.63) is 215 Å². The lowest BCUT2D eigenvalue weighted by atomic mass is 9.70. The minimum absolute atomic E-state index is 0.121. The molecule has 0 saturated heterocycles. The van der Waals surface area contributed by atoms with E-state index in [0.29, 0.717) is 6.54 Å². The van der Waals surface area contributed by atoms with E-state index in [2.05, 4.69) is 122 Å². The molecule has 5 N–H and O–H groups in total. The SMILES string of the molecule is Cc1cc2c(c3ccccc13)-c1c(ccc3ccccc13)C21c2ccccc2-c2ccccc21.N=C(N)c1ccccc1.NCc1ccccc1. The minimum atomic E-state index is -0.295. The van der Waals surface area contributed by atoms with Gasteiger partial charge < -0.3 is 11.5 Å². The zero-order chi connectivity index (χ0) is 35.0. The van der Waals surface area contributed by atoms with E-state index in [9.17, 15) is 0 Å². The van der Waals surface area contributed by atoms with E-state index in [1.807, 2.05) is 60.7 Å². The van der Waals surface area contributed by atoms with Gasteiger partial charge in [0.2, 0.25) is 0 Å². The summed E-state index contributed by atoms with van der Waals surface area (Å²) in [6.45, 7) is 2.91. The molecule has 2 aliphatic rings. The van der Waals surface area contributed by atoms with Crippen molar-refractivity contribution in [3.63, 3.8) is 0 Å². The van der Waals surface area contributed by atoms with E-state index in [0.717, 1.165) is 5.56 Å². The number of aryl methyl sites for hydroxylation is 1. The molecule has 10 rings (SSSR count). The van der Waals surface area contributed by atoms with Crippen molar-refractivity contribution in [2.75, 3.05) is 0 Å². The zero-order valence-electron chi connectivity index (χ0n) is 28.6. The van der Waals surface area contributed by atoms with Crippen LogP contribution in [0.1, 0.15) is 38.9 Å². The normalized spacial score (nSPS) is 12.5. The highest BCUT2D eigenvalue weighted by atomic mass is 14.7. The van der Waals surface area contributed by atoms with Crippen molar-refractivity contribution in [1.82, 2.24) is 0 Å². The predicted octanol–water partition coefficient (Wildman–Crippen LogP) is 10.8. The third-order valence-corrected chi connectivity index (χ3v) is 10.4. The number of fused-ring (bicyclic) bond motifs is 14. The van der Waals surface area contributed by atoms with Crippen LogP contribution in [-0.2, 0) is 12.0 Å². The highest BCUT2D eigenvalue weighted by Gasteiger charge is 2.52. The molecule has 51 heavy (non-hydrogen) atoms. The molecule has 3 heteroatoms. The summed E-state index contributed by atoms with van der Waals surface area (Å²) in [5.41, 5.74) is 24.7. The molecule has 3 nitrogen and oxygen atoms in total. The fraction of sp³-hybridized carbons (Fsp3) is 0.0625. The van der Waals surface area contributed by atoms with Crippen LogP contribution in [0.3, 0.4) is 0 Å². The molecular formula is C48H39N3. The molecule has 246 valence electrons. The van der Waals surface area contributed by atoms with E-state index in [1.54, 1.807) is 0 Å². The second-order valence-corrected chi connectivity index (χ2v) is 13.2. The van der Waals surface area contributed by atoms with Crippen molar-refractivity contribution in [2.45, 2.75) is 18.9 Å². The number of benzene rings is 8. The van der Waals surface area contributed by atoms with E-state index in [1.165, 1.54) is 77.2 Å². The van der Waals surface area contributed by atoms with Crippen LogP contribution in [0.5, 0.6) is 0 Å². The first-order valence-electron chi connectivity index (χ1n) is 17.4. The summed E-state index contributed by atoms with van der Waals surface area (Å²) in [6, 6.07) is 62.3. The Balaban J connectivity index is 0.000000181. The Morgan fingerprint density at radius 2 is 1.02 bits per heavy atom. The lowest BCUT2D eigenvalue weighted by Crippen LogP contribution is -2.26. The number of hydrogen-bond donors (Lipinski definition) is 3. The van der Waals surface area contributed by atoms with Crippen LogP contribution in [0.15, 0.2) is 176 Å². The summed E-state index contributed by atoms with van der Waals surface area (Å²) >= 11 is 0. The van der Waals surface area contributed by atoms with Crippen LogP contribution in [0.25, 0.3) is 43.8 Å². The molecule has 0 aromatic heterocycles.